The summed E-state index contributed by atoms with van der Waals surface area (Å²) in [4.78, 5) is 13.5. The average molecular weight is 348 g/mol. The zero-order valence-corrected chi connectivity index (χ0v) is 11.9. The summed E-state index contributed by atoms with van der Waals surface area (Å²) in [6.07, 6.45) is 5.54. The Labute approximate surface area is 115 Å². The number of carboxylic acids is 1. The van der Waals surface area contributed by atoms with Gasteiger partial charge in [0.25, 0.3) is 0 Å². The second kappa shape index (κ2) is 5.86. The highest BCUT2D eigenvalue weighted by Gasteiger charge is 2.13. The highest BCUT2D eigenvalue weighted by molar-refractivity contribution is 14.1. The van der Waals surface area contributed by atoms with Crippen molar-refractivity contribution in [2.45, 2.75) is 25.8 Å². The van der Waals surface area contributed by atoms with E-state index in [1.165, 1.54) is 25.9 Å². The topological polar surface area (TPSA) is 45.5 Å². The first-order chi connectivity index (χ1) is 8.16. The van der Waals surface area contributed by atoms with Gasteiger partial charge in [0.1, 0.15) is 5.69 Å². The second-order valence-corrected chi connectivity index (χ2v) is 5.69. The molecule has 5 heteroatoms. The zero-order valence-electron chi connectivity index (χ0n) is 9.73. The molecule has 0 radical (unpaired) electrons. The molecule has 0 unspecified atom stereocenters. The lowest BCUT2D eigenvalue weighted by Gasteiger charge is -2.14. The van der Waals surface area contributed by atoms with E-state index in [2.05, 4.69) is 27.5 Å². The first-order valence-corrected chi connectivity index (χ1v) is 7.06. The third kappa shape index (κ3) is 3.45. The SMILES string of the molecule is O=C(O)c1cc(I)cn1CCCN1CCCC1. The first-order valence-electron chi connectivity index (χ1n) is 5.98. The third-order valence-electron chi connectivity index (χ3n) is 3.15. The van der Waals surface area contributed by atoms with Crippen LogP contribution in [0.1, 0.15) is 29.8 Å². The molecular formula is C12H17IN2O2. The number of hydrogen-bond acceptors (Lipinski definition) is 2. The Kier molecular flexibility index (Phi) is 4.44. The normalized spacial score (nSPS) is 16.5. The summed E-state index contributed by atoms with van der Waals surface area (Å²) in [5.41, 5.74) is 0.399. The lowest BCUT2D eigenvalue weighted by molar-refractivity contribution is 0.0684. The van der Waals surface area contributed by atoms with E-state index in [1.807, 2.05) is 10.8 Å². The van der Waals surface area contributed by atoms with Crippen molar-refractivity contribution in [1.29, 1.82) is 0 Å². The van der Waals surface area contributed by atoms with Crippen molar-refractivity contribution in [3.05, 3.63) is 21.5 Å². The van der Waals surface area contributed by atoms with Crippen LogP contribution in [0.3, 0.4) is 0 Å². The summed E-state index contributed by atoms with van der Waals surface area (Å²) >= 11 is 2.15. The van der Waals surface area contributed by atoms with Crippen LogP contribution in [-0.2, 0) is 6.54 Å². The molecule has 0 aliphatic carbocycles. The molecule has 4 nitrogen and oxygen atoms in total. The van der Waals surface area contributed by atoms with Gasteiger partial charge in [0.2, 0.25) is 0 Å². The number of carbonyl (C=O) groups is 1. The Bertz CT molecular complexity index is 397. The van der Waals surface area contributed by atoms with Gasteiger partial charge in [-0.25, -0.2) is 4.79 Å². The minimum Gasteiger partial charge on any atom is -0.477 e. The smallest absolute Gasteiger partial charge is 0.352 e. The number of rotatable bonds is 5. The minimum atomic E-state index is -0.839. The fourth-order valence-corrected chi connectivity index (χ4v) is 2.94. The molecule has 17 heavy (non-hydrogen) atoms. The molecule has 1 N–H and O–H groups in total. The predicted molar refractivity (Wildman–Crippen MR) is 74.4 cm³/mol. The van der Waals surface area contributed by atoms with Crippen LogP contribution in [0.5, 0.6) is 0 Å². The minimum absolute atomic E-state index is 0.399. The fourth-order valence-electron chi connectivity index (χ4n) is 2.31. The van der Waals surface area contributed by atoms with E-state index in [-0.39, 0.29) is 0 Å². The van der Waals surface area contributed by atoms with Crippen molar-refractivity contribution in [2.75, 3.05) is 19.6 Å². The van der Waals surface area contributed by atoms with Gasteiger partial charge in [-0.1, -0.05) is 0 Å². The van der Waals surface area contributed by atoms with E-state index in [4.69, 9.17) is 5.11 Å². The van der Waals surface area contributed by atoms with Crippen molar-refractivity contribution in [3.8, 4) is 0 Å². The second-order valence-electron chi connectivity index (χ2n) is 4.44. The molecular weight excluding hydrogens is 331 g/mol. The predicted octanol–water partition coefficient (Wildman–Crippen LogP) is 2.28. The van der Waals surface area contributed by atoms with E-state index in [9.17, 15) is 4.79 Å². The summed E-state index contributed by atoms with van der Waals surface area (Å²) in [6, 6.07) is 1.72. The summed E-state index contributed by atoms with van der Waals surface area (Å²) in [6.45, 7) is 4.28. The highest BCUT2D eigenvalue weighted by Crippen LogP contribution is 2.13. The molecule has 1 saturated heterocycles. The van der Waals surface area contributed by atoms with Gasteiger partial charge in [-0.2, -0.15) is 0 Å². The van der Waals surface area contributed by atoms with Crippen molar-refractivity contribution < 1.29 is 9.90 Å². The number of aromatic carboxylic acids is 1. The number of halogens is 1. The number of hydrogen-bond donors (Lipinski definition) is 1. The molecule has 94 valence electrons. The Morgan fingerprint density at radius 3 is 2.71 bits per heavy atom. The highest BCUT2D eigenvalue weighted by atomic mass is 127. The Hall–Kier alpha value is -0.560. The van der Waals surface area contributed by atoms with Gasteiger partial charge >= 0.3 is 5.97 Å². The number of aryl methyl sites for hydroxylation is 1. The quantitative estimate of drug-likeness (QED) is 0.831. The van der Waals surface area contributed by atoms with Crippen LogP contribution in [-0.4, -0.2) is 40.2 Å². The molecule has 1 fully saturated rings. The van der Waals surface area contributed by atoms with Gasteiger partial charge in [-0.05, 0) is 67.6 Å². The zero-order chi connectivity index (χ0) is 12.3. The van der Waals surface area contributed by atoms with Crippen molar-refractivity contribution in [2.24, 2.45) is 0 Å². The summed E-state index contributed by atoms with van der Waals surface area (Å²) in [5.74, 6) is -0.839. The largest absolute Gasteiger partial charge is 0.477 e. The van der Waals surface area contributed by atoms with Crippen molar-refractivity contribution in [1.82, 2.24) is 9.47 Å². The number of aromatic nitrogens is 1. The molecule has 0 aromatic carbocycles. The molecule has 1 aromatic heterocycles. The van der Waals surface area contributed by atoms with E-state index in [0.717, 1.165) is 23.1 Å². The van der Waals surface area contributed by atoms with Crippen LogP contribution in [0.15, 0.2) is 12.3 Å². The molecule has 1 aromatic rings. The Morgan fingerprint density at radius 1 is 1.35 bits per heavy atom. The summed E-state index contributed by atoms with van der Waals surface area (Å²) in [5, 5.41) is 9.06. The van der Waals surface area contributed by atoms with Crippen LogP contribution < -0.4 is 0 Å². The van der Waals surface area contributed by atoms with Crippen LogP contribution in [0.4, 0.5) is 0 Å². The Balaban J connectivity index is 1.87. The Morgan fingerprint density at radius 2 is 2.06 bits per heavy atom. The lowest BCUT2D eigenvalue weighted by Crippen LogP contribution is -2.22. The molecule has 0 saturated carbocycles. The number of carboxylic acid groups (broad SMARTS) is 1. The maximum Gasteiger partial charge on any atom is 0.352 e. The van der Waals surface area contributed by atoms with E-state index < -0.39 is 5.97 Å². The van der Waals surface area contributed by atoms with Crippen molar-refractivity contribution >= 4 is 28.6 Å². The average Bonchev–Trinajstić information content (AvgIpc) is 2.88. The molecule has 1 aliphatic rings. The van der Waals surface area contributed by atoms with Gasteiger partial charge in [0, 0.05) is 16.3 Å². The van der Waals surface area contributed by atoms with E-state index >= 15 is 0 Å². The van der Waals surface area contributed by atoms with Gasteiger partial charge in [0.05, 0.1) is 0 Å². The van der Waals surface area contributed by atoms with E-state index in [0.29, 0.717) is 5.69 Å². The molecule has 0 atom stereocenters. The first kappa shape index (κ1) is 12.9. The van der Waals surface area contributed by atoms with Gasteiger partial charge in [-0.3, -0.25) is 0 Å². The van der Waals surface area contributed by atoms with Crippen LogP contribution in [0, 0.1) is 3.57 Å². The summed E-state index contributed by atoms with van der Waals surface area (Å²) in [7, 11) is 0. The monoisotopic (exact) mass is 348 g/mol. The van der Waals surface area contributed by atoms with Crippen LogP contribution >= 0.6 is 22.6 Å². The van der Waals surface area contributed by atoms with Crippen LogP contribution in [0.25, 0.3) is 0 Å². The van der Waals surface area contributed by atoms with Gasteiger partial charge in [-0.15, -0.1) is 0 Å². The summed E-state index contributed by atoms with van der Waals surface area (Å²) < 4.78 is 2.83. The van der Waals surface area contributed by atoms with Crippen LogP contribution in [0.2, 0.25) is 0 Å². The van der Waals surface area contributed by atoms with E-state index in [1.54, 1.807) is 6.07 Å². The molecule has 2 rings (SSSR count). The molecule has 1 aliphatic heterocycles. The maximum absolute atomic E-state index is 11.0. The number of likely N-dealkylation sites (tertiary alicyclic amines) is 1. The molecule has 0 spiro atoms. The standard InChI is InChI=1S/C12H17IN2O2/c13-10-8-11(12(16)17)15(9-10)7-3-6-14-4-1-2-5-14/h8-9H,1-7H2,(H,16,17). The number of nitrogens with zero attached hydrogens (tertiary/aromatic N) is 2. The molecule has 2 heterocycles. The van der Waals surface area contributed by atoms with Crippen molar-refractivity contribution in [3.63, 3.8) is 0 Å². The molecule has 0 bridgehead atoms. The maximum atomic E-state index is 11.0. The fraction of sp³-hybridized carbons (Fsp3) is 0.583. The third-order valence-corrected chi connectivity index (χ3v) is 3.74. The lowest BCUT2D eigenvalue weighted by atomic mass is 10.3. The molecule has 0 amide bonds. The van der Waals surface area contributed by atoms with Gasteiger partial charge in [0.15, 0.2) is 0 Å². The van der Waals surface area contributed by atoms with Gasteiger partial charge < -0.3 is 14.6 Å².